The van der Waals surface area contributed by atoms with E-state index in [1.807, 2.05) is 58.9 Å². The molecule has 3 heterocycles. The van der Waals surface area contributed by atoms with Crippen LogP contribution < -0.4 is 5.56 Å². The Morgan fingerprint density at radius 2 is 1.92 bits per heavy atom. The van der Waals surface area contributed by atoms with Crippen molar-refractivity contribution in [3.63, 3.8) is 0 Å². The maximum absolute atomic E-state index is 12.8. The molecule has 0 radical (unpaired) electrons. The van der Waals surface area contributed by atoms with E-state index in [0.29, 0.717) is 5.92 Å². The van der Waals surface area contributed by atoms with E-state index in [1.165, 1.54) is 0 Å². The van der Waals surface area contributed by atoms with Crippen molar-refractivity contribution in [2.45, 2.75) is 32.9 Å². The number of fused-ring (bicyclic) bond motifs is 1. The largest absolute Gasteiger partial charge is 0.301 e. The Balaban J connectivity index is 1.38. The number of nitrogens with zero attached hydrogens (tertiary/aromatic N) is 5. The second-order valence-electron chi connectivity index (χ2n) is 7.15. The fourth-order valence-electron chi connectivity index (χ4n) is 3.82. The number of benzene rings is 1. The van der Waals surface area contributed by atoms with Gasteiger partial charge in [0, 0.05) is 25.5 Å². The van der Waals surface area contributed by atoms with E-state index in [2.05, 4.69) is 15.0 Å². The summed E-state index contributed by atoms with van der Waals surface area (Å²) in [5.41, 5.74) is 0.883. The maximum atomic E-state index is 12.8. The van der Waals surface area contributed by atoms with Crippen molar-refractivity contribution in [3.8, 4) is 0 Å². The summed E-state index contributed by atoms with van der Waals surface area (Å²) in [6.07, 6.45) is 6.08. The van der Waals surface area contributed by atoms with E-state index in [9.17, 15) is 4.79 Å². The molecular weight excluding hydrogens is 326 g/mol. The molecule has 1 aliphatic rings. The molecule has 2 aromatic heterocycles. The molecule has 1 aliphatic heterocycles. The molecule has 6 heteroatoms. The summed E-state index contributed by atoms with van der Waals surface area (Å²) in [6.45, 7) is 6.85. The van der Waals surface area contributed by atoms with Crippen LogP contribution in [0.2, 0.25) is 0 Å². The van der Waals surface area contributed by atoms with E-state index in [0.717, 1.165) is 62.3 Å². The molecule has 1 fully saturated rings. The molecule has 0 aliphatic carbocycles. The van der Waals surface area contributed by atoms with Crippen LogP contribution in [0.5, 0.6) is 0 Å². The fourth-order valence-corrected chi connectivity index (χ4v) is 3.82. The quantitative estimate of drug-likeness (QED) is 0.708. The zero-order valence-corrected chi connectivity index (χ0v) is 15.2. The molecule has 1 saturated heterocycles. The molecule has 4 rings (SSSR count). The Morgan fingerprint density at radius 3 is 2.69 bits per heavy atom. The lowest BCUT2D eigenvalue weighted by molar-refractivity contribution is 0.166. The van der Waals surface area contributed by atoms with Gasteiger partial charge in [0.05, 0.1) is 17.4 Å². The molecule has 0 bridgehead atoms. The highest BCUT2D eigenvalue weighted by atomic mass is 16.1. The molecule has 1 aromatic carbocycles. The van der Waals surface area contributed by atoms with E-state index < -0.39 is 0 Å². The number of para-hydroxylation sites is 1. The lowest BCUT2D eigenvalue weighted by atomic mass is 9.96. The van der Waals surface area contributed by atoms with Crippen LogP contribution in [-0.4, -0.2) is 43.9 Å². The first-order valence-electron chi connectivity index (χ1n) is 9.36. The molecule has 0 spiro atoms. The number of aryl methyl sites for hydroxylation is 1. The Morgan fingerprint density at radius 1 is 1.12 bits per heavy atom. The molecular formula is C20H25N5O. The number of hydrogen-bond acceptors (Lipinski definition) is 4. The van der Waals surface area contributed by atoms with Crippen LogP contribution in [0, 0.1) is 12.8 Å². The number of piperidine rings is 1. The van der Waals surface area contributed by atoms with Gasteiger partial charge >= 0.3 is 0 Å². The lowest BCUT2D eigenvalue weighted by Gasteiger charge is -2.32. The summed E-state index contributed by atoms with van der Waals surface area (Å²) >= 11 is 0. The molecule has 6 nitrogen and oxygen atoms in total. The zero-order valence-electron chi connectivity index (χ0n) is 15.2. The molecule has 0 N–H and O–H groups in total. The minimum Gasteiger partial charge on any atom is -0.301 e. The summed E-state index contributed by atoms with van der Waals surface area (Å²) in [5.74, 6) is 1.35. The minimum atomic E-state index is 0.0919. The Bertz CT molecular complexity index is 923. The van der Waals surface area contributed by atoms with Gasteiger partial charge in [-0.25, -0.2) is 4.98 Å². The summed E-state index contributed by atoms with van der Waals surface area (Å²) in [5, 5.41) is 4.98. The molecule has 0 unspecified atom stereocenters. The van der Waals surface area contributed by atoms with E-state index >= 15 is 0 Å². The van der Waals surface area contributed by atoms with E-state index in [-0.39, 0.29) is 5.56 Å². The van der Waals surface area contributed by atoms with Gasteiger partial charge in [-0.3, -0.25) is 14.0 Å². The monoisotopic (exact) mass is 351 g/mol. The second-order valence-corrected chi connectivity index (χ2v) is 7.15. The van der Waals surface area contributed by atoms with Crippen LogP contribution in [0.15, 0.2) is 47.5 Å². The van der Waals surface area contributed by atoms with Gasteiger partial charge in [-0.2, -0.15) is 5.10 Å². The van der Waals surface area contributed by atoms with Gasteiger partial charge in [0.2, 0.25) is 0 Å². The van der Waals surface area contributed by atoms with Crippen LogP contribution in [0.4, 0.5) is 0 Å². The molecule has 0 atom stereocenters. The molecule has 26 heavy (non-hydrogen) atoms. The first kappa shape index (κ1) is 17.0. The van der Waals surface area contributed by atoms with Crippen molar-refractivity contribution in [1.29, 1.82) is 0 Å². The lowest BCUT2D eigenvalue weighted by Crippen LogP contribution is -2.38. The SMILES string of the molecule is Cc1nc2ccccc2c(=O)n1CC1CCN(CCn2cccn2)CC1. The number of hydrogen-bond donors (Lipinski definition) is 0. The fraction of sp³-hybridized carbons (Fsp3) is 0.450. The minimum absolute atomic E-state index is 0.0919. The first-order valence-corrected chi connectivity index (χ1v) is 9.36. The smallest absolute Gasteiger partial charge is 0.261 e. The van der Waals surface area contributed by atoms with Gasteiger partial charge in [0.25, 0.3) is 5.56 Å². The molecule has 3 aromatic rings. The second kappa shape index (κ2) is 7.41. The predicted molar refractivity (Wildman–Crippen MR) is 102 cm³/mol. The van der Waals surface area contributed by atoms with Crippen molar-refractivity contribution in [2.24, 2.45) is 5.92 Å². The third kappa shape index (κ3) is 3.55. The Labute approximate surface area is 153 Å². The van der Waals surface area contributed by atoms with Gasteiger partial charge in [0.15, 0.2) is 0 Å². The van der Waals surface area contributed by atoms with Crippen LogP contribution >= 0.6 is 0 Å². The highest BCUT2D eigenvalue weighted by Crippen LogP contribution is 2.19. The normalized spacial score (nSPS) is 16.3. The third-order valence-corrected chi connectivity index (χ3v) is 5.40. The number of rotatable bonds is 5. The topological polar surface area (TPSA) is 56.0 Å². The third-order valence-electron chi connectivity index (χ3n) is 5.40. The maximum Gasteiger partial charge on any atom is 0.261 e. The standard InChI is InChI=1S/C20H25N5O/c1-16-22-19-6-3-2-5-18(19)20(26)25(16)15-17-7-11-23(12-8-17)13-14-24-10-4-9-21-24/h2-6,9-10,17H,7-8,11-15H2,1H3. The first-order chi connectivity index (χ1) is 12.7. The van der Waals surface area contributed by atoms with Crippen molar-refractivity contribution in [3.05, 3.63) is 58.9 Å². The number of aromatic nitrogens is 4. The average molecular weight is 351 g/mol. The predicted octanol–water partition coefficient (Wildman–Crippen LogP) is 2.31. The number of likely N-dealkylation sites (tertiary alicyclic amines) is 1. The summed E-state index contributed by atoms with van der Waals surface area (Å²) < 4.78 is 3.85. The Kier molecular flexibility index (Phi) is 4.84. The summed E-state index contributed by atoms with van der Waals surface area (Å²) in [7, 11) is 0. The van der Waals surface area contributed by atoms with Gasteiger partial charge < -0.3 is 4.90 Å². The van der Waals surface area contributed by atoms with Crippen LogP contribution in [0.25, 0.3) is 10.9 Å². The zero-order chi connectivity index (χ0) is 17.9. The molecule has 0 saturated carbocycles. The summed E-state index contributed by atoms with van der Waals surface area (Å²) in [4.78, 5) is 19.9. The van der Waals surface area contributed by atoms with E-state index in [4.69, 9.17) is 0 Å². The summed E-state index contributed by atoms with van der Waals surface area (Å²) in [6, 6.07) is 9.58. The van der Waals surface area contributed by atoms with Gasteiger partial charge in [-0.05, 0) is 57.0 Å². The van der Waals surface area contributed by atoms with Crippen molar-refractivity contribution in [2.75, 3.05) is 19.6 Å². The van der Waals surface area contributed by atoms with Gasteiger partial charge in [-0.1, -0.05) is 12.1 Å². The van der Waals surface area contributed by atoms with E-state index in [1.54, 1.807) is 0 Å². The molecule has 136 valence electrons. The highest BCUT2D eigenvalue weighted by Gasteiger charge is 2.21. The molecule has 0 amide bonds. The van der Waals surface area contributed by atoms with Crippen LogP contribution in [0.1, 0.15) is 18.7 Å². The van der Waals surface area contributed by atoms with Crippen molar-refractivity contribution in [1.82, 2.24) is 24.2 Å². The van der Waals surface area contributed by atoms with Gasteiger partial charge in [-0.15, -0.1) is 0 Å². The van der Waals surface area contributed by atoms with Crippen LogP contribution in [-0.2, 0) is 13.1 Å². The van der Waals surface area contributed by atoms with Crippen LogP contribution in [0.3, 0.4) is 0 Å². The van der Waals surface area contributed by atoms with Crippen molar-refractivity contribution < 1.29 is 0 Å². The highest BCUT2D eigenvalue weighted by molar-refractivity contribution is 5.77. The Hall–Kier alpha value is -2.47. The van der Waals surface area contributed by atoms with Gasteiger partial charge in [0.1, 0.15) is 5.82 Å². The van der Waals surface area contributed by atoms with Crippen molar-refractivity contribution >= 4 is 10.9 Å². The average Bonchev–Trinajstić information content (AvgIpc) is 3.18.